The van der Waals surface area contributed by atoms with Crippen LogP contribution in [0.4, 0.5) is 0 Å². The maximum absolute atomic E-state index is 6.26. The number of hydrogen-bond acceptors (Lipinski definition) is 1. The molecule has 1 aromatic rings. The van der Waals surface area contributed by atoms with Gasteiger partial charge in [0.05, 0.1) is 6.54 Å². The second-order valence-corrected chi connectivity index (χ2v) is 6.58. The highest BCUT2D eigenvalue weighted by Crippen LogP contribution is 2.43. The lowest BCUT2D eigenvalue weighted by atomic mass is 9.64. The van der Waals surface area contributed by atoms with Crippen LogP contribution in [0.15, 0.2) is 35.3 Å². The van der Waals surface area contributed by atoms with E-state index in [-0.39, 0.29) is 29.4 Å². The first-order valence-electron chi connectivity index (χ1n) is 8.41. The third kappa shape index (κ3) is 3.94. The van der Waals surface area contributed by atoms with Crippen LogP contribution in [-0.2, 0) is 5.41 Å². The molecule has 0 aromatic heterocycles. The third-order valence-corrected chi connectivity index (χ3v) is 5.17. The van der Waals surface area contributed by atoms with Crippen LogP contribution < -0.4 is 5.73 Å². The van der Waals surface area contributed by atoms with Gasteiger partial charge in [-0.3, -0.25) is 4.99 Å². The van der Waals surface area contributed by atoms with Gasteiger partial charge in [-0.15, -0.1) is 24.0 Å². The molecule has 1 aliphatic carbocycles. The third-order valence-electron chi connectivity index (χ3n) is 5.17. The first-order valence-corrected chi connectivity index (χ1v) is 8.41. The van der Waals surface area contributed by atoms with Crippen molar-refractivity contribution in [1.29, 1.82) is 0 Å². The van der Waals surface area contributed by atoms with Crippen molar-refractivity contribution in [2.24, 2.45) is 10.7 Å². The fourth-order valence-corrected chi connectivity index (χ4v) is 3.57. The lowest BCUT2D eigenvalue weighted by Gasteiger charge is -2.41. The Kier molecular flexibility index (Phi) is 6.53. The zero-order valence-electron chi connectivity index (χ0n) is 13.3. The van der Waals surface area contributed by atoms with E-state index in [4.69, 9.17) is 10.7 Å². The SMILES string of the molecule is I.NC(=NCC1(c2ccccc2)CCC1)N1CCCCCC1. The van der Waals surface area contributed by atoms with Crippen LogP contribution in [0.2, 0.25) is 0 Å². The number of nitrogens with zero attached hydrogens (tertiary/aromatic N) is 2. The van der Waals surface area contributed by atoms with Crippen molar-refractivity contribution in [2.45, 2.75) is 50.4 Å². The summed E-state index contributed by atoms with van der Waals surface area (Å²) in [5.41, 5.74) is 7.94. The Morgan fingerprint density at radius 2 is 1.64 bits per heavy atom. The minimum Gasteiger partial charge on any atom is -0.370 e. The van der Waals surface area contributed by atoms with Gasteiger partial charge >= 0.3 is 0 Å². The van der Waals surface area contributed by atoms with E-state index in [0.717, 1.165) is 25.6 Å². The highest BCUT2D eigenvalue weighted by molar-refractivity contribution is 14.0. The van der Waals surface area contributed by atoms with Crippen molar-refractivity contribution in [2.75, 3.05) is 19.6 Å². The number of aliphatic imine (C=N–C) groups is 1. The molecule has 2 aliphatic rings. The molecule has 2 fully saturated rings. The molecule has 1 aromatic carbocycles. The number of halogens is 1. The average molecular weight is 413 g/mol. The molecule has 3 nitrogen and oxygen atoms in total. The van der Waals surface area contributed by atoms with E-state index in [2.05, 4.69) is 35.2 Å². The quantitative estimate of drug-likeness (QED) is 0.464. The molecule has 1 saturated carbocycles. The van der Waals surface area contributed by atoms with Gasteiger partial charge in [-0.25, -0.2) is 0 Å². The molecule has 4 heteroatoms. The van der Waals surface area contributed by atoms with Gasteiger partial charge in [0, 0.05) is 18.5 Å². The largest absolute Gasteiger partial charge is 0.370 e. The van der Waals surface area contributed by atoms with Crippen LogP contribution in [0.3, 0.4) is 0 Å². The van der Waals surface area contributed by atoms with E-state index in [9.17, 15) is 0 Å². The highest BCUT2D eigenvalue weighted by atomic mass is 127. The lowest BCUT2D eigenvalue weighted by molar-refractivity contribution is 0.252. The van der Waals surface area contributed by atoms with Gasteiger partial charge in [0.25, 0.3) is 0 Å². The normalized spacial score (nSPS) is 21.5. The minimum atomic E-state index is 0. The number of benzene rings is 1. The van der Waals surface area contributed by atoms with Crippen molar-refractivity contribution < 1.29 is 0 Å². The summed E-state index contributed by atoms with van der Waals surface area (Å²) in [6.07, 6.45) is 8.96. The van der Waals surface area contributed by atoms with Gasteiger partial charge < -0.3 is 10.6 Å². The fourth-order valence-electron chi connectivity index (χ4n) is 3.57. The zero-order valence-corrected chi connectivity index (χ0v) is 15.7. The van der Waals surface area contributed by atoms with E-state index >= 15 is 0 Å². The molecule has 1 saturated heterocycles. The molecule has 122 valence electrons. The molecule has 0 radical (unpaired) electrons. The summed E-state index contributed by atoms with van der Waals surface area (Å²) in [6.45, 7) is 3.00. The van der Waals surface area contributed by atoms with Gasteiger partial charge in [0.1, 0.15) is 0 Å². The van der Waals surface area contributed by atoms with E-state index < -0.39 is 0 Å². The molecule has 1 heterocycles. The van der Waals surface area contributed by atoms with Gasteiger partial charge in [-0.1, -0.05) is 49.6 Å². The topological polar surface area (TPSA) is 41.6 Å². The van der Waals surface area contributed by atoms with Crippen molar-refractivity contribution in [3.63, 3.8) is 0 Å². The Morgan fingerprint density at radius 1 is 1.00 bits per heavy atom. The molecule has 0 amide bonds. The standard InChI is InChI=1S/C18H27N3.HI/c19-17(21-13-6-1-2-7-14-21)20-15-18(11-8-12-18)16-9-4-3-5-10-16;/h3-5,9-10H,1-2,6-8,11-15H2,(H2,19,20);1H. The van der Waals surface area contributed by atoms with E-state index in [1.807, 2.05) is 0 Å². The van der Waals surface area contributed by atoms with Crippen LogP contribution in [0.5, 0.6) is 0 Å². The number of likely N-dealkylation sites (tertiary alicyclic amines) is 1. The minimum absolute atomic E-state index is 0. The van der Waals surface area contributed by atoms with Gasteiger partial charge in [-0.2, -0.15) is 0 Å². The molecular weight excluding hydrogens is 385 g/mol. The average Bonchev–Trinajstić information content (AvgIpc) is 2.76. The predicted molar refractivity (Wildman–Crippen MR) is 104 cm³/mol. The summed E-state index contributed by atoms with van der Waals surface area (Å²) >= 11 is 0. The number of guanidine groups is 1. The van der Waals surface area contributed by atoms with Crippen LogP contribution >= 0.6 is 24.0 Å². The van der Waals surface area contributed by atoms with Crippen LogP contribution in [0, 0.1) is 0 Å². The Morgan fingerprint density at radius 3 is 2.18 bits per heavy atom. The molecule has 0 spiro atoms. The Bertz CT molecular complexity index is 474. The summed E-state index contributed by atoms with van der Waals surface area (Å²) in [6, 6.07) is 10.9. The summed E-state index contributed by atoms with van der Waals surface area (Å²) in [5.74, 6) is 0.763. The molecule has 0 bridgehead atoms. The second kappa shape index (κ2) is 8.18. The summed E-state index contributed by atoms with van der Waals surface area (Å²) in [7, 11) is 0. The fraction of sp³-hybridized carbons (Fsp3) is 0.611. The summed E-state index contributed by atoms with van der Waals surface area (Å²) in [4.78, 5) is 7.06. The Hall–Kier alpha value is -0.780. The summed E-state index contributed by atoms with van der Waals surface area (Å²) < 4.78 is 0. The van der Waals surface area contributed by atoms with Crippen molar-refractivity contribution in [1.82, 2.24) is 4.90 Å². The van der Waals surface area contributed by atoms with Crippen LogP contribution in [-0.4, -0.2) is 30.5 Å². The van der Waals surface area contributed by atoms with Crippen molar-refractivity contribution >= 4 is 29.9 Å². The van der Waals surface area contributed by atoms with Gasteiger partial charge in [0.2, 0.25) is 0 Å². The number of nitrogens with two attached hydrogens (primary N) is 1. The first-order chi connectivity index (χ1) is 10.3. The molecule has 2 N–H and O–H groups in total. The Labute approximate surface area is 151 Å². The van der Waals surface area contributed by atoms with E-state index in [0.29, 0.717) is 0 Å². The first kappa shape index (κ1) is 17.6. The lowest BCUT2D eigenvalue weighted by Crippen LogP contribution is -2.42. The molecule has 3 rings (SSSR count). The van der Waals surface area contributed by atoms with Crippen LogP contribution in [0.1, 0.15) is 50.5 Å². The maximum Gasteiger partial charge on any atom is 0.191 e. The zero-order chi connectivity index (χ0) is 14.5. The maximum atomic E-state index is 6.26. The number of rotatable bonds is 3. The molecule has 22 heavy (non-hydrogen) atoms. The van der Waals surface area contributed by atoms with Gasteiger partial charge in [-0.05, 0) is 31.2 Å². The monoisotopic (exact) mass is 413 g/mol. The molecule has 0 unspecified atom stereocenters. The van der Waals surface area contributed by atoms with Crippen LogP contribution in [0.25, 0.3) is 0 Å². The predicted octanol–water partition coefficient (Wildman–Crippen LogP) is 3.92. The Balaban J connectivity index is 0.00000176. The molecule has 1 aliphatic heterocycles. The van der Waals surface area contributed by atoms with Crippen molar-refractivity contribution in [3.05, 3.63) is 35.9 Å². The summed E-state index contributed by atoms with van der Waals surface area (Å²) in [5, 5.41) is 0. The molecule has 0 atom stereocenters. The molecular formula is C18H28IN3. The van der Waals surface area contributed by atoms with E-state index in [1.165, 1.54) is 50.5 Å². The second-order valence-electron chi connectivity index (χ2n) is 6.58. The van der Waals surface area contributed by atoms with Gasteiger partial charge in [0.15, 0.2) is 5.96 Å². The number of hydrogen-bond donors (Lipinski definition) is 1. The van der Waals surface area contributed by atoms with Crippen molar-refractivity contribution in [3.8, 4) is 0 Å². The van der Waals surface area contributed by atoms with E-state index in [1.54, 1.807) is 0 Å². The smallest absolute Gasteiger partial charge is 0.191 e. The highest BCUT2D eigenvalue weighted by Gasteiger charge is 2.38.